The molecule has 1 N–H and O–H groups in total. The largest absolute Gasteiger partial charge is 0.300 e. The maximum atomic E-state index is 7.63. The molecule has 0 aromatic carbocycles. The summed E-state index contributed by atoms with van der Waals surface area (Å²) in [5.74, 6) is 0. The first-order valence-corrected chi connectivity index (χ1v) is 3.82. The molecule has 0 aliphatic heterocycles. The molecule has 0 spiro atoms. The highest BCUT2D eigenvalue weighted by Gasteiger charge is 2.09. The summed E-state index contributed by atoms with van der Waals surface area (Å²) in [4.78, 5) is 0. The zero-order valence-corrected chi connectivity index (χ0v) is 7.07. The van der Waals surface area contributed by atoms with Crippen molar-refractivity contribution in [2.24, 2.45) is 0 Å². The second-order valence-corrected chi connectivity index (χ2v) is 2.81. The first kappa shape index (κ1) is 7.99. The van der Waals surface area contributed by atoms with E-state index in [1.54, 1.807) is 0 Å². The normalized spacial score (nSPS) is 18.0. The summed E-state index contributed by atoms with van der Waals surface area (Å²) in [6.07, 6.45) is 4.92. The molecule has 0 saturated heterocycles. The van der Waals surface area contributed by atoms with E-state index in [9.17, 15) is 0 Å². The van der Waals surface area contributed by atoms with Crippen LogP contribution in [0.3, 0.4) is 0 Å². The molecular weight excluding hydrogens is 134 g/mol. The Balaban J connectivity index is 3.03. The molecular formula is C10H13N. The van der Waals surface area contributed by atoms with E-state index in [0.29, 0.717) is 5.71 Å². The Labute approximate surface area is 67.6 Å². The summed E-state index contributed by atoms with van der Waals surface area (Å²) in [7, 11) is 0. The van der Waals surface area contributed by atoms with Crippen molar-refractivity contribution < 1.29 is 0 Å². The Morgan fingerprint density at radius 2 is 2.09 bits per heavy atom. The smallest absolute Gasteiger partial charge is 0.0638 e. The SMILES string of the molecule is C=C1C=C(C)C=C(CC)C1=N. The van der Waals surface area contributed by atoms with Crippen molar-refractivity contribution in [3.8, 4) is 0 Å². The Morgan fingerprint density at radius 1 is 1.45 bits per heavy atom. The lowest BCUT2D eigenvalue weighted by Crippen LogP contribution is -2.06. The first-order valence-electron chi connectivity index (χ1n) is 3.82. The van der Waals surface area contributed by atoms with Crippen molar-refractivity contribution in [1.29, 1.82) is 5.41 Å². The minimum Gasteiger partial charge on any atom is -0.300 e. The van der Waals surface area contributed by atoms with E-state index in [2.05, 4.69) is 19.6 Å². The van der Waals surface area contributed by atoms with Gasteiger partial charge in [-0.05, 0) is 24.5 Å². The molecule has 0 aromatic heterocycles. The third-order valence-corrected chi connectivity index (χ3v) is 1.83. The van der Waals surface area contributed by atoms with Gasteiger partial charge in [-0.25, -0.2) is 0 Å². The van der Waals surface area contributed by atoms with Crippen LogP contribution in [0.5, 0.6) is 0 Å². The van der Waals surface area contributed by atoms with Gasteiger partial charge in [-0.1, -0.05) is 31.2 Å². The minimum absolute atomic E-state index is 0.595. The van der Waals surface area contributed by atoms with E-state index in [4.69, 9.17) is 5.41 Å². The average Bonchev–Trinajstić information content (AvgIpc) is 1.96. The Hall–Kier alpha value is -1.11. The van der Waals surface area contributed by atoms with Gasteiger partial charge in [-0.2, -0.15) is 0 Å². The zero-order chi connectivity index (χ0) is 8.43. The van der Waals surface area contributed by atoms with Gasteiger partial charge in [0.1, 0.15) is 0 Å². The lowest BCUT2D eigenvalue weighted by molar-refractivity contribution is 1.15. The van der Waals surface area contributed by atoms with E-state index in [-0.39, 0.29) is 0 Å². The van der Waals surface area contributed by atoms with E-state index in [1.807, 2.05) is 13.0 Å². The summed E-state index contributed by atoms with van der Waals surface area (Å²) in [5.41, 5.74) is 3.72. The number of rotatable bonds is 1. The second-order valence-electron chi connectivity index (χ2n) is 2.81. The van der Waals surface area contributed by atoms with Gasteiger partial charge in [0.25, 0.3) is 0 Å². The lowest BCUT2D eigenvalue weighted by Gasteiger charge is -2.12. The predicted molar refractivity (Wildman–Crippen MR) is 49.0 cm³/mol. The van der Waals surface area contributed by atoms with Gasteiger partial charge in [0.05, 0.1) is 5.71 Å². The molecule has 0 aromatic rings. The van der Waals surface area contributed by atoms with Crippen LogP contribution in [-0.2, 0) is 0 Å². The second kappa shape index (κ2) is 2.87. The molecule has 1 nitrogen and oxygen atoms in total. The van der Waals surface area contributed by atoms with Crippen LogP contribution in [0.2, 0.25) is 0 Å². The quantitative estimate of drug-likeness (QED) is 0.589. The van der Waals surface area contributed by atoms with Crippen molar-refractivity contribution in [3.05, 3.63) is 35.5 Å². The lowest BCUT2D eigenvalue weighted by atomic mass is 9.93. The predicted octanol–water partition coefficient (Wildman–Crippen LogP) is 2.86. The maximum Gasteiger partial charge on any atom is 0.0638 e. The van der Waals surface area contributed by atoms with Crippen LogP contribution < -0.4 is 0 Å². The van der Waals surface area contributed by atoms with Gasteiger partial charge >= 0.3 is 0 Å². The van der Waals surface area contributed by atoms with Crippen LogP contribution in [0.15, 0.2) is 35.5 Å². The summed E-state index contributed by atoms with van der Waals surface area (Å²) in [6.45, 7) is 7.90. The molecule has 1 aliphatic rings. The monoisotopic (exact) mass is 147 g/mol. The van der Waals surface area contributed by atoms with Crippen molar-refractivity contribution >= 4 is 5.71 Å². The highest BCUT2D eigenvalue weighted by Crippen LogP contribution is 2.19. The first-order chi connectivity index (χ1) is 5.15. The van der Waals surface area contributed by atoms with Crippen LogP contribution in [0, 0.1) is 5.41 Å². The van der Waals surface area contributed by atoms with Crippen LogP contribution in [0.25, 0.3) is 0 Å². The maximum absolute atomic E-state index is 7.63. The van der Waals surface area contributed by atoms with Gasteiger partial charge in [-0.15, -0.1) is 0 Å². The number of hydrogen-bond acceptors (Lipinski definition) is 1. The molecule has 1 aliphatic carbocycles. The summed E-state index contributed by atoms with van der Waals surface area (Å²) >= 11 is 0. The number of allylic oxidation sites excluding steroid dienone is 5. The third kappa shape index (κ3) is 1.48. The van der Waals surface area contributed by atoms with Crippen LogP contribution in [0.4, 0.5) is 0 Å². The zero-order valence-electron chi connectivity index (χ0n) is 7.07. The van der Waals surface area contributed by atoms with Gasteiger partial charge in [0, 0.05) is 0 Å². The molecule has 1 rings (SSSR count). The summed E-state index contributed by atoms with van der Waals surface area (Å²) < 4.78 is 0. The standard InChI is InChI=1S/C10H13N/c1-4-9-6-7(2)5-8(3)10(9)11/h5-6,11H,3-4H2,1-2H3. The fraction of sp³-hybridized carbons (Fsp3) is 0.300. The van der Waals surface area contributed by atoms with Crippen molar-refractivity contribution in [1.82, 2.24) is 0 Å². The summed E-state index contributed by atoms with van der Waals surface area (Å²) in [6, 6.07) is 0. The van der Waals surface area contributed by atoms with E-state index < -0.39 is 0 Å². The molecule has 1 heteroatoms. The molecule has 0 unspecified atom stereocenters. The van der Waals surface area contributed by atoms with Crippen molar-refractivity contribution in [2.45, 2.75) is 20.3 Å². The molecule has 11 heavy (non-hydrogen) atoms. The van der Waals surface area contributed by atoms with E-state index in [1.165, 1.54) is 5.57 Å². The van der Waals surface area contributed by atoms with Crippen LogP contribution in [0.1, 0.15) is 20.3 Å². The highest BCUT2D eigenvalue weighted by atomic mass is 14.4. The Kier molecular flexibility index (Phi) is 2.08. The average molecular weight is 147 g/mol. The fourth-order valence-corrected chi connectivity index (χ4v) is 1.22. The summed E-state index contributed by atoms with van der Waals surface area (Å²) in [5, 5.41) is 7.63. The van der Waals surface area contributed by atoms with Gasteiger partial charge < -0.3 is 5.41 Å². The molecule has 0 amide bonds. The van der Waals surface area contributed by atoms with Crippen molar-refractivity contribution in [3.63, 3.8) is 0 Å². The Bertz CT molecular complexity index is 267. The van der Waals surface area contributed by atoms with Gasteiger partial charge in [0.2, 0.25) is 0 Å². The van der Waals surface area contributed by atoms with Crippen molar-refractivity contribution in [2.75, 3.05) is 0 Å². The molecule has 0 bridgehead atoms. The molecule has 0 heterocycles. The Morgan fingerprint density at radius 3 is 2.64 bits per heavy atom. The van der Waals surface area contributed by atoms with E-state index >= 15 is 0 Å². The molecule has 0 saturated carbocycles. The highest BCUT2D eigenvalue weighted by molar-refractivity contribution is 6.13. The number of hydrogen-bond donors (Lipinski definition) is 1. The third-order valence-electron chi connectivity index (χ3n) is 1.83. The molecule has 58 valence electrons. The van der Waals surface area contributed by atoms with E-state index in [0.717, 1.165) is 17.6 Å². The van der Waals surface area contributed by atoms with Gasteiger partial charge in [-0.3, -0.25) is 0 Å². The minimum atomic E-state index is 0.595. The van der Waals surface area contributed by atoms with Gasteiger partial charge in [0.15, 0.2) is 0 Å². The molecule has 0 radical (unpaired) electrons. The number of nitrogens with one attached hydrogen (secondary N) is 1. The topological polar surface area (TPSA) is 23.9 Å². The van der Waals surface area contributed by atoms with Crippen LogP contribution >= 0.6 is 0 Å². The fourth-order valence-electron chi connectivity index (χ4n) is 1.22. The van der Waals surface area contributed by atoms with Crippen LogP contribution in [-0.4, -0.2) is 5.71 Å². The molecule has 0 atom stereocenters. The molecule has 0 fully saturated rings.